The number of aryl methyl sites for hydroxylation is 2. The topological polar surface area (TPSA) is 44.3 Å². The molecule has 0 spiro atoms. The largest absolute Gasteiger partial charge is 0.396 e. The van der Waals surface area contributed by atoms with Crippen molar-refractivity contribution in [2.24, 2.45) is 0 Å². The number of rotatable bonds is 12. The number of hydrogen-bond acceptors (Lipinski definition) is 2. The second kappa shape index (κ2) is 11.9. The number of pyridine rings is 1. The number of aliphatic hydroxyl groups is 2. The zero-order valence-electron chi connectivity index (χ0n) is 12.6. The highest BCUT2D eigenvalue weighted by Gasteiger charge is 2.01. The van der Waals surface area contributed by atoms with Gasteiger partial charge >= 0.3 is 0 Å². The minimum absolute atomic E-state index is 0.320. The lowest BCUT2D eigenvalue weighted by Crippen LogP contribution is -2.32. The lowest BCUT2D eigenvalue weighted by atomic mass is 10.1. The van der Waals surface area contributed by atoms with Crippen molar-refractivity contribution in [2.75, 3.05) is 13.2 Å². The number of unbranched alkanes of at least 4 members (excludes halogenated alkanes) is 6. The fourth-order valence-corrected chi connectivity index (χ4v) is 2.36. The molecule has 0 radical (unpaired) electrons. The Kier molecular flexibility index (Phi) is 10.2. The molecule has 0 aliphatic rings. The van der Waals surface area contributed by atoms with Gasteiger partial charge in [-0.15, -0.1) is 0 Å². The first-order valence-electron chi connectivity index (χ1n) is 8.06. The van der Waals surface area contributed by atoms with E-state index in [-0.39, 0.29) is 0 Å². The summed E-state index contributed by atoms with van der Waals surface area (Å²) >= 11 is 0. The van der Waals surface area contributed by atoms with E-state index in [1.54, 1.807) is 0 Å². The third-order valence-electron chi connectivity index (χ3n) is 3.66. The second-order valence-corrected chi connectivity index (χ2v) is 5.47. The van der Waals surface area contributed by atoms with Gasteiger partial charge in [0.2, 0.25) is 0 Å². The molecule has 3 nitrogen and oxygen atoms in total. The van der Waals surface area contributed by atoms with Crippen molar-refractivity contribution in [1.82, 2.24) is 0 Å². The summed E-state index contributed by atoms with van der Waals surface area (Å²) in [6, 6.07) is 4.44. The molecule has 0 atom stereocenters. The van der Waals surface area contributed by atoms with Gasteiger partial charge in [0.15, 0.2) is 12.4 Å². The minimum atomic E-state index is 0.320. The van der Waals surface area contributed by atoms with Crippen molar-refractivity contribution < 1.29 is 14.8 Å². The molecule has 1 aromatic heterocycles. The van der Waals surface area contributed by atoms with E-state index in [1.807, 2.05) is 0 Å². The first-order valence-corrected chi connectivity index (χ1v) is 8.06. The molecule has 0 aliphatic heterocycles. The maximum Gasteiger partial charge on any atom is 0.169 e. The molecule has 114 valence electrons. The third-order valence-corrected chi connectivity index (χ3v) is 3.66. The van der Waals surface area contributed by atoms with Crippen LogP contribution < -0.4 is 4.57 Å². The maximum atomic E-state index is 8.72. The molecule has 0 aliphatic carbocycles. The van der Waals surface area contributed by atoms with Gasteiger partial charge in [0, 0.05) is 31.8 Å². The standard InChI is InChI=1S/C17H30NO2/c19-15-7-3-1-5-9-17-10-13-18(14-11-17)12-6-2-4-8-16-20/h10-11,13-14,19-20H,1-9,12,15-16H2/q+1. The van der Waals surface area contributed by atoms with Crippen LogP contribution in [-0.2, 0) is 13.0 Å². The molecular weight excluding hydrogens is 250 g/mol. The molecule has 0 fully saturated rings. The van der Waals surface area contributed by atoms with Crippen LogP contribution in [0.15, 0.2) is 24.5 Å². The summed E-state index contributed by atoms with van der Waals surface area (Å²) in [7, 11) is 0. The Morgan fingerprint density at radius 3 is 1.85 bits per heavy atom. The van der Waals surface area contributed by atoms with E-state index in [9.17, 15) is 0 Å². The Balaban J connectivity index is 2.13. The summed E-state index contributed by atoms with van der Waals surface area (Å²) in [5.74, 6) is 0. The summed E-state index contributed by atoms with van der Waals surface area (Å²) in [6.45, 7) is 1.71. The van der Waals surface area contributed by atoms with Crippen molar-refractivity contribution in [2.45, 2.75) is 64.3 Å². The highest BCUT2D eigenvalue weighted by atomic mass is 16.3. The predicted octanol–water partition coefficient (Wildman–Crippen LogP) is 2.62. The number of nitrogens with zero attached hydrogens (tertiary/aromatic N) is 1. The first kappa shape index (κ1) is 17.1. The molecule has 2 N–H and O–H groups in total. The van der Waals surface area contributed by atoms with Gasteiger partial charge in [0.1, 0.15) is 6.54 Å². The number of aromatic nitrogens is 1. The molecule has 0 amide bonds. The molecule has 1 aromatic rings. The van der Waals surface area contributed by atoms with Gasteiger partial charge < -0.3 is 10.2 Å². The molecule has 20 heavy (non-hydrogen) atoms. The van der Waals surface area contributed by atoms with E-state index in [0.717, 1.165) is 38.6 Å². The predicted molar refractivity (Wildman–Crippen MR) is 81.4 cm³/mol. The molecule has 1 heterocycles. The van der Waals surface area contributed by atoms with Crippen molar-refractivity contribution in [3.8, 4) is 0 Å². The number of aliphatic hydroxyl groups excluding tert-OH is 2. The Bertz CT molecular complexity index is 291. The summed E-state index contributed by atoms with van der Waals surface area (Å²) in [4.78, 5) is 0. The smallest absolute Gasteiger partial charge is 0.169 e. The zero-order chi connectivity index (χ0) is 14.5. The Morgan fingerprint density at radius 1 is 0.700 bits per heavy atom. The van der Waals surface area contributed by atoms with Crippen molar-refractivity contribution in [3.05, 3.63) is 30.1 Å². The van der Waals surface area contributed by atoms with Crippen LogP contribution in [0.25, 0.3) is 0 Å². The normalized spacial score (nSPS) is 10.9. The summed E-state index contributed by atoms with van der Waals surface area (Å²) in [6.07, 6.45) is 14.4. The fourth-order valence-electron chi connectivity index (χ4n) is 2.36. The third kappa shape index (κ3) is 8.28. The summed E-state index contributed by atoms with van der Waals surface area (Å²) in [5.41, 5.74) is 1.41. The first-order chi connectivity index (χ1) is 9.86. The van der Waals surface area contributed by atoms with Gasteiger partial charge in [-0.25, -0.2) is 4.57 Å². The fraction of sp³-hybridized carbons (Fsp3) is 0.706. The van der Waals surface area contributed by atoms with Crippen LogP contribution in [0.1, 0.15) is 56.9 Å². The molecule has 0 unspecified atom stereocenters. The molecular formula is C17H30NO2+. The van der Waals surface area contributed by atoms with Gasteiger partial charge in [-0.3, -0.25) is 0 Å². The van der Waals surface area contributed by atoms with Gasteiger partial charge in [0.25, 0.3) is 0 Å². The van der Waals surface area contributed by atoms with Crippen LogP contribution in [0.4, 0.5) is 0 Å². The van der Waals surface area contributed by atoms with Crippen LogP contribution in [0.5, 0.6) is 0 Å². The maximum absolute atomic E-state index is 8.72. The molecule has 1 rings (SSSR count). The van der Waals surface area contributed by atoms with Crippen LogP contribution in [0.3, 0.4) is 0 Å². The van der Waals surface area contributed by atoms with E-state index >= 15 is 0 Å². The van der Waals surface area contributed by atoms with Crippen LogP contribution in [-0.4, -0.2) is 23.4 Å². The highest BCUT2D eigenvalue weighted by Crippen LogP contribution is 2.06. The average molecular weight is 280 g/mol. The average Bonchev–Trinajstić information content (AvgIpc) is 2.48. The van der Waals surface area contributed by atoms with Crippen LogP contribution in [0.2, 0.25) is 0 Å². The summed E-state index contributed by atoms with van der Waals surface area (Å²) < 4.78 is 2.24. The van der Waals surface area contributed by atoms with Crippen molar-refractivity contribution in [3.63, 3.8) is 0 Å². The molecule has 0 bridgehead atoms. The quantitative estimate of drug-likeness (QED) is 0.456. The monoisotopic (exact) mass is 280 g/mol. The Labute approximate surface area is 123 Å². The minimum Gasteiger partial charge on any atom is -0.396 e. The van der Waals surface area contributed by atoms with Crippen molar-refractivity contribution >= 4 is 0 Å². The van der Waals surface area contributed by atoms with Gasteiger partial charge in [-0.2, -0.15) is 0 Å². The van der Waals surface area contributed by atoms with Gasteiger partial charge in [0.05, 0.1) is 0 Å². The van der Waals surface area contributed by atoms with Crippen LogP contribution >= 0.6 is 0 Å². The Hall–Kier alpha value is -0.930. The van der Waals surface area contributed by atoms with E-state index in [1.165, 1.54) is 31.2 Å². The molecule has 3 heteroatoms. The SMILES string of the molecule is OCCCCCCc1cc[n+](CCCCCCO)cc1. The van der Waals surface area contributed by atoms with Crippen molar-refractivity contribution in [1.29, 1.82) is 0 Å². The van der Waals surface area contributed by atoms with E-state index in [0.29, 0.717) is 13.2 Å². The van der Waals surface area contributed by atoms with Gasteiger partial charge in [-0.1, -0.05) is 19.3 Å². The van der Waals surface area contributed by atoms with E-state index in [2.05, 4.69) is 29.1 Å². The van der Waals surface area contributed by atoms with Crippen LogP contribution in [0, 0.1) is 0 Å². The van der Waals surface area contributed by atoms with Gasteiger partial charge in [-0.05, 0) is 37.7 Å². The lowest BCUT2D eigenvalue weighted by molar-refractivity contribution is -0.697. The zero-order valence-corrected chi connectivity index (χ0v) is 12.6. The number of hydrogen-bond donors (Lipinski definition) is 2. The molecule has 0 saturated carbocycles. The second-order valence-electron chi connectivity index (χ2n) is 5.47. The Morgan fingerprint density at radius 2 is 1.25 bits per heavy atom. The molecule has 0 saturated heterocycles. The molecule has 0 aromatic carbocycles. The lowest BCUT2D eigenvalue weighted by Gasteiger charge is -2.02. The van der Waals surface area contributed by atoms with E-state index in [4.69, 9.17) is 10.2 Å². The highest BCUT2D eigenvalue weighted by molar-refractivity contribution is 5.07. The van der Waals surface area contributed by atoms with E-state index < -0.39 is 0 Å². The summed E-state index contributed by atoms with van der Waals surface area (Å²) in [5, 5.41) is 17.4.